The molecule has 1 fully saturated rings. The van der Waals surface area contributed by atoms with E-state index in [0.717, 1.165) is 32.0 Å². The Morgan fingerprint density at radius 3 is 2.50 bits per heavy atom. The zero-order valence-electron chi connectivity index (χ0n) is 13.0. The van der Waals surface area contributed by atoms with Crippen LogP contribution in [-0.2, 0) is 13.1 Å². The van der Waals surface area contributed by atoms with E-state index >= 15 is 0 Å². The van der Waals surface area contributed by atoms with E-state index in [4.69, 9.17) is 0 Å². The second-order valence-corrected chi connectivity index (χ2v) is 5.98. The highest BCUT2D eigenvalue weighted by atomic mass is 16.1. The topological polar surface area (TPSA) is 39.0 Å². The van der Waals surface area contributed by atoms with E-state index in [9.17, 15) is 4.79 Å². The molecule has 114 valence electrons. The molecule has 0 saturated heterocycles. The summed E-state index contributed by atoms with van der Waals surface area (Å²) in [6.45, 7) is 6.83. The predicted molar refractivity (Wildman–Crippen MR) is 83.0 cm³/mol. The van der Waals surface area contributed by atoms with Crippen LogP contribution in [0.4, 0.5) is 0 Å². The summed E-state index contributed by atoms with van der Waals surface area (Å²) < 4.78 is 3.66. The zero-order valence-corrected chi connectivity index (χ0v) is 13.0. The van der Waals surface area contributed by atoms with Gasteiger partial charge < -0.3 is 5.32 Å². The standard InChI is InChI=1S/C16H29N3O/c1-3-10-17-15(14-8-6-5-7-9-14)13-19-12-11-18(4-2)16(19)20/h11-12,14-15,17H,3-10,13H2,1-2H3. The molecule has 4 nitrogen and oxygen atoms in total. The van der Waals surface area contributed by atoms with Gasteiger partial charge in [-0.2, -0.15) is 0 Å². The third-order valence-corrected chi connectivity index (χ3v) is 4.53. The van der Waals surface area contributed by atoms with Gasteiger partial charge in [0.15, 0.2) is 0 Å². The fraction of sp³-hybridized carbons (Fsp3) is 0.812. The van der Waals surface area contributed by atoms with Gasteiger partial charge in [-0.1, -0.05) is 26.2 Å². The minimum atomic E-state index is 0.131. The average molecular weight is 279 g/mol. The molecule has 1 heterocycles. The molecule has 1 aliphatic rings. The molecule has 0 spiro atoms. The maximum Gasteiger partial charge on any atom is 0.328 e. The second-order valence-electron chi connectivity index (χ2n) is 5.98. The van der Waals surface area contributed by atoms with Crippen LogP contribution >= 0.6 is 0 Å². The van der Waals surface area contributed by atoms with Crippen LogP contribution in [0, 0.1) is 5.92 Å². The number of rotatable bonds is 7. The largest absolute Gasteiger partial charge is 0.328 e. The summed E-state index contributed by atoms with van der Waals surface area (Å²) in [5, 5.41) is 3.67. The first-order valence-electron chi connectivity index (χ1n) is 8.25. The van der Waals surface area contributed by atoms with Gasteiger partial charge in [-0.3, -0.25) is 9.13 Å². The van der Waals surface area contributed by atoms with E-state index in [1.807, 2.05) is 23.9 Å². The summed E-state index contributed by atoms with van der Waals surface area (Å²) in [6, 6.07) is 0.445. The summed E-state index contributed by atoms with van der Waals surface area (Å²) in [5.74, 6) is 0.729. The van der Waals surface area contributed by atoms with Crippen molar-refractivity contribution in [2.45, 2.75) is 71.5 Å². The van der Waals surface area contributed by atoms with E-state index in [2.05, 4.69) is 12.2 Å². The highest BCUT2D eigenvalue weighted by Gasteiger charge is 2.24. The number of aryl methyl sites for hydroxylation is 1. The van der Waals surface area contributed by atoms with E-state index in [-0.39, 0.29) is 5.69 Å². The molecule has 0 aromatic carbocycles. The van der Waals surface area contributed by atoms with Gasteiger partial charge in [0.05, 0.1) is 0 Å². The Morgan fingerprint density at radius 1 is 1.20 bits per heavy atom. The highest BCUT2D eigenvalue weighted by Crippen LogP contribution is 2.27. The minimum Gasteiger partial charge on any atom is -0.312 e. The first-order chi connectivity index (χ1) is 9.76. The Morgan fingerprint density at radius 2 is 1.90 bits per heavy atom. The summed E-state index contributed by atoms with van der Waals surface area (Å²) in [5.41, 5.74) is 0.131. The Kier molecular flexibility index (Phi) is 5.89. The maximum absolute atomic E-state index is 12.2. The Labute approximate surface area is 122 Å². The van der Waals surface area contributed by atoms with E-state index in [1.54, 1.807) is 4.57 Å². The Bertz CT molecular complexity index is 443. The van der Waals surface area contributed by atoms with Crippen molar-refractivity contribution in [2.75, 3.05) is 6.54 Å². The molecule has 0 amide bonds. The number of nitrogens with zero attached hydrogens (tertiary/aromatic N) is 2. The van der Waals surface area contributed by atoms with Gasteiger partial charge in [-0.25, -0.2) is 4.79 Å². The quantitative estimate of drug-likeness (QED) is 0.833. The van der Waals surface area contributed by atoms with Crippen molar-refractivity contribution in [1.82, 2.24) is 14.5 Å². The number of hydrogen-bond donors (Lipinski definition) is 1. The monoisotopic (exact) mass is 279 g/mol. The molecule has 0 radical (unpaired) electrons. The van der Waals surface area contributed by atoms with Crippen molar-refractivity contribution in [3.8, 4) is 0 Å². The molecular weight excluding hydrogens is 250 g/mol. The average Bonchev–Trinajstić information content (AvgIpc) is 2.84. The van der Waals surface area contributed by atoms with Crippen molar-refractivity contribution in [3.05, 3.63) is 22.9 Å². The number of nitrogens with one attached hydrogen (secondary N) is 1. The fourth-order valence-corrected chi connectivity index (χ4v) is 3.29. The molecule has 20 heavy (non-hydrogen) atoms. The van der Waals surface area contributed by atoms with Gasteiger partial charge in [0.2, 0.25) is 0 Å². The number of hydrogen-bond acceptors (Lipinski definition) is 2. The molecule has 1 unspecified atom stereocenters. The summed E-state index contributed by atoms with van der Waals surface area (Å²) >= 11 is 0. The van der Waals surface area contributed by atoms with Crippen LogP contribution in [0.1, 0.15) is 52.4 Å². The molecule has 1 atom stereocenters. The van der Waals surface area contributed by atoms with Gasteiger partial charge in [0, 0.05) is 31.5 Å². The summed E-state index contributed by atoms with van der Waals surface area (Å²) in [6.07, 6.45) is 11.7. The molecule has 0 bridgehead atoms. The zero-order chi connectivity index (χ0) is 14.4. The van der Waals surface area contributed by atoms with Crippen molar-refractivity contribution < 1.29 is 0 Å². The lowest BCUT2D eigenvalue weighted by molar-refractivity contribution is 0.246. The van der Waals surface area contributed by atoms with Crippen molar-refractivity contribution >= 4 is 0 Å². The molecule has 1 N–H and O–H groups in total. The number of imidazole rings is 1. The smallest absolute Gasteiger partial charge is 0.312 e. The molecule has 0 aliphatic heterocycles. The lowest BCUT2D eigenvalue weighted by atomic mass is 9.83. The van der Waals surface area contributed by atoms with Crippen LogP contribution in [0.15, 0.2) is 17.2 Å². The first kappa shape index (κ1) is 15.4. The summed E-state index contributed by atoms with van der Waals surface area (Å²) in [4.78, 5) is 12.2. The molecule has 1 aliphatic carbocycles. The molecule has 1 aromatic rings. The Balaban J connectivity index is 2.05. The minimum absolute atomic E-state index is 0.131. The molecular formula is C16H29N3O. The third-order valence-electron chi connectivity index (χ3n) is 4.53. The van der Waals surface area contributed by atoms with E-state index in [0.29, 0.717) is 6.04 Å². The van der Waals surface area contributed by atoms with Gasteiger partial charge in [0.1, 0.15) is 0 Å². The second kappa shape index (κ2) is 7.67. The summed E-state index contributed by atoms with van der Waals surface area (Å²) in [7, 11) is 0. The van der Waals surface area contributed by atoms with Gasteiger partial charge >= 0.3 is 5.69 Å². The van der Waals surface area contributed by atoms with Crippen molar-refractivity contribution in [1.29, 1.82) is 0 Å². The van der Waals surface area contributed by atoms with Crippen LogP contribution in [0.25, 0.3) is 0 Å². The molecule has 2 rings (SSSR count). The van der Waals surface area contributed by atoms with Gasteiger partial charge in [-0.15, -0.1) is 0 Å². The van der Waals surface area contributed by atoms with Crippen LogP contribution in [0.2, 0.25) is 0 Å². The van der Waals surface area contributed by atoms with Crippen LogP contribution < -0.4 is 11.0 Å². The first-order valence-corrected chi connectivity index (χ1v) is 8.25. The highest BCUT2D eigenvalue weighted by molar-refractivity contribution is 4.86. The maximum atomic E-state index is 12.2. The van der Waals surface area contributed by atoms with Crippen LogP contribution in [0.5, 0.6) is 0 Å². The lowest BCUT2D eigenvalue weighted by Crippen LogP contribution is -2.43. The molecule has 4 heteroatoms. The third kappa shape index (κ3) is 3.75. The van der Waals surface area contributed by atoms with Crippen molar-refractivity contribution in [3.63, 3.8) is 0 Å². The van der Waals surface area contributed by atoms with E-state index in [1.165, 1.54) is 32.1 Å². The molecule has 1 aromatic heterocycles. The van der Waals surface area contributed by atoms with Crippen LogP contribution in [0.3, 0.4) is 0 Å². The van der Waals surface area contributed by atoms with Crippen molar-refractivity contribution in [2.24, 2.45) is 5.92 Å². The van der Waals surface area contributed by atoms with Gasteiger partial charge in [-0.05, 0) is 38.6 Å². The van der Waals surface area contributed by atoms with Gasteiger partial charge in [0.25, 0.3) is 0 Å². The van der Waals surface area contributed by atoms with E-state index < -0.39 is 0 Å². The number of aromatic nitrogens is 2. The fourth-order valence-electron chi connectivity index (χ4n) is 3.29. The normalized spacial score (nSPS) is 18.3. The lowest BCUT2D eigenvalue weighted by Gasteiger charge is -2.31. The predicted octanol–water partition coefficient (Wildman–Crippen LogP) is 2.62. The van der Waals surface area contributed by atoms with Crippen LogP contribution in [-0.4, -0.2) is 21.7 Å². The SMILES string of the molecule is CCCNC(Cn1ccn(CC)c1=O)C1CCCCC1. The molecule has 1 saturated carbocycles. The Hall–Kier alpha value is -1.03.